The molecule has 9 nitrogen and oxygen atoms in total. The number of hydrogen-bond donors (Lipinski definition) is 4. The second kappa shape index (κ2) is 10.5. The molecule has 1 unspecified atom stereocenters. The van der Waals surface area contributed by atoms with Gasteiger partial charge in [0.1, 0.15) is 17.3 Å². The Labute approximate surface area is 213 Å². The van der Waals surface area contributed by atoms with E-state index in [4.69, 9.17) is 4.74 Å². The van der Waals surface area contributed by atoms with E-state index >= 15 is 0 Å². The zero-order valence-corrected chi connectivity index (χ0v) is 20.8. The van der Waals surface area contributed by atoms with E-state index in [0.717, 1.165) is 5.56 Å². The third-order valence-corrected chi connectivity index (χ3v) is 5.60. The van der Waals surface area contributed by atoms with Crippen LogP contribution in [0, 0.1) is 12.7 Å². The van der Waals surface area contributed by atoms with E-state index in [1.165, 1.54) is 18.5 Å². The molecule has 4 aromatic rings. The highest BCUT2D eigenvalue weighted by Crippen LogP contribution is 2.27. The summed E-state index contributed by atoms with van der Waals surface area (Å²) in [4.78, 5) is 31.7. The fraction of sp³-hybridized carbons (Fsp3) is 0.0769. The molecule has 2 aromatic carbocycles. The molecule has 0 fully saturated rings. The van der Waals surface area contributed by atoms with E-state index in [0.29, 0.717) is 34.1 Å². The second-order valence-corrected chi connectivity index (χ2v) is 10.5. The van der Waals surface area contributed by atoms with Crippen molar-refractivity contribution in [1.29, 1.82) is 0 Å². The van der Waals surface area contributed by atoms with Gasteiger partial charge in [0.25, 0.3) is 5.91 Å². The van der Waals surface area contributed by atoms with Crippen molar-refractivity contribution in [2.75, 3.05) is 16.9 Å². The number of urea groups is 1. The molecular formula is C26H24FN5O4S. The number of rotatable bonds is 7. The molecule has 3 amide bonds. The van der Waals surface area contributed by atoms with Crippen molar-refractivity contribution in [1.82, 2.24) is 14.7 Å². The largest absolute Gasteiger partial charge is 0.457 e. The van der Waals surface area contributed by atoms with Gasteiger partial charge >= 0.3 is 6.03 Å². The number of aromatic amines is 1. The Bertz CT molecular complexity index is 1570. The summed E-state index contributed by atoms with van der Waals surface area (Å²) in [6.07, 6.45) is 4.38. The van der Waals surface area contributed by atoms with Gasteiger partial charge in [-0.05, 0) is 66.9 Å². The lowest BCUT2D eigenvalue weighted by Crippen LogP contribution is -2.28. The van der Waals surface area contributed by atoms with E-state index in [1.807, 2.05) is 0 Å². The molecule has 0 saturated carbocycles. The van der Waals surface area contributed by atoms with Gasteiger partial charge in [0.15, 0.2) is 0 Å². The molecule has 37 heavy (non-hydrogen) atoms. The summed E-state index contributed by atoms with van der Waals surface area (Å²) < 4.78 is 33.8. The number of nitrogens with zero attached hydrogens (tertiary/aromatic N) is 1. The van der Waals surface area contributed by atoms with Crippen LogP contribution in [-0.2, 0) is 9.71 Å². The van der Waals surface area contributed by atoms with Gasteiger partial charge in [0.2, 0.25) is 0 Å². The first-order chi connectivity index (χ1) is 17.6. The maximum atomic E-state index is 13.9. The topological polar surface area (TPSA) is 125 Å². The summed E-state index contributed by atoms with van der Waals surface area (Å²) in [5.74, 6) is 3.38. The van der Waals surface area contributed by atoms with Gasteiger partial charge in [0, 0.05) is 40.1 Å². The van der Waals surface area contributed by atoms with Crippen molar-refractivity contribution in [2.45, 2.75) is 6.92 Å². The molecule has 2 aromatic heterocycles. The van der Waals surface area contributed by atoms with Crippen LogP contribution in [0.25, 0.3) is 11.4 Å². The van der Waals surface area contributed by atoms with E-state index in [1.54, 1.807) is 67.7 Å². The molecule has 11 heteroatoms. The van der Waals surface area contributed by atoms with E-state index in [-0.39, 0.29) is 5.69 Å². The molecule has 4 rings (SSSR count). The van der Waals surface area contributed by atoms with Gasteiger partial charge in [-0.15, -0.1) is 0 Å². The van der Waals surface area contributed by atoms with Crippen LogP contribution in [0.1, 0.15) is 15.9 Å². The summed E-state index contributed by atoms with van der Waals surface area (Å²) in [6.45, 7) is 1.80. The number of halogens is 1. The maximum Gasteiger partial charge on any atom is 0.323 e. The fourth-order valence-corrected chi connectivity index (χ4v) is 3.82. The summed E-state index contributed by atoms with van der Waals surface area (Å²) in [7, 11) is -2.69. The van der Waals surface area contributed by atoms with Crippen molar-refractivity contribution in [2.24, 2.45) is 0 Å². The Morgan fingerprint density at radius 3 is 2.51 bits per heavy atom. The molecule has 4 N–H and O–H groups in total. The van der Waals surface area contributed by atoms with Crippen LogP contribution in [0.3, 0.4) is 0 Å². The van der Waals surface area contributed by atoms with Crippen LogP contribution in [-0.4, -0.2) is 38.2 Å². The smallest absolute Gasteiger partial charge is 0.323 e. The zero-order chi connectivity index (χ0) is 26.6. The Kier molecular flexibility index (Phi) is 7.25. The number of benzene rings is 2. The van der Waals surface area contributed by atoms with Gasteiger partial charge in [-0.1, -0.05) is 6.07 Å². The molecule has 0 aliphatic rings. The van der Waals surface area contributed by atoms with Crippen LogP contribution >= 0.6 is 0 Å². The van der Waals surface area contributed by atoms with Crippen molar-refractivity contribution in [3.63, 3.8) is 0 Å². The molecule has 0 saturated heterocycles. The first-order valence-electron chi connectivity index (χ1n) is 11.0. The van der Waals surface area contributed by atoms with E-state index < -0.39 is 27.5 Å². The van der Waals surface area contributed by atoms with Crippen LogP contribution in [0.4, 0.5) is 20.6 Å². The number of aryl methyl sites for hydroxylation is 1. The Morgan fingerprint density at radius 2 is 1.78 bits per heavy atom. The number of amides is 3. The van der Waals surface area contributed by atoms with Crippen LogP contribution in [0.15, 0.2) is 73.1 Å². The average molecular weight is 522 g/mol. The highest BCUT2D eigenvalue weighted by atomic mass is 32.2. The molecule has 0 aliphatic carbocycles. The first kappa shape index (κ1) is 25.5. The number of ether oxygens (including phenoxy) is 1. The lowest BCUT2D eigenvalue weighted by Gasteiger charge is -2.10. The lowest BCUT2D eigenvalue weighted by atomic mass is 10.2. The maximum absolute atomic E-state index is 13.9. The Morgan fingerprint density at radius 1 is 1.03 bits per heavy atom. The SMILES string of the molecule is C=S(C)(=O)NC(=O)c1c[nH]c(-c2cc(Oc3ccc(NC(=O)Nc4cc(C)ccc4F)cc3)ccn2)c1. The number of hydrogen-bond acceptors (Lipinski definition) is 5. The summed E-state index contributed by atoms with van der Waals surface area (Å²) >= 11 is 0. The molecule has 190 valence electrons. The standard InChI is InChI=1S/C26H24FN5O4S/c1-16-4-9-21(27)22(12-16)31-26(34)30-18-5-7-19(8-6-18)36-20-10-11-28-24(14-20)23-13-17(15-29-23)25(33)32-37(2,3)35/h4-15,29H,2H2,1,3H3,(H2,30,31,34)(H,32,33,35). The Balaban J connectivity index is 1.39. The van der Waals surface area contributed by atoms with E-state index in [9.17, 15) is 18.2 Å². The van der Waals surface area contributed by atoms with Gasteiger partial charge in [-0.3, -0.25) is 14.5 Å². The van der Waals surface area contributed by atoms with Crippen molar-refractivity contribution >= 4 is 38.9 Å². The number of aromatic nitrogens is 2. The molecule has 2 heterocycles. The summed E-state index contributed by atoms with van der Waals surface area (Å²) in [5.41, 5.74) is 2.79. The molecule has 1 atom stereocenters. The summed E-state index contributed by atoms with van der Waals surface area (Å²) in [5, 5.41) is 5.13. The van der Waals surface area contributed by atoms with Crippen molar-refractivity contribution in [3.05, 3.63) is 90.0 Å². The van der Waals surface area contributed by atoms with Gasteiger partial charge in [-0.25, -0.2) is 13.4 Å². The fourth-order valence-electron chi connectivity index (χ4n) is 3.31. The molecule has 0 aliphatic heterocycles. The van der Waals surface area contributed by atoms with Gasteiger partial charge in [-0.2, -0.15) is 0 Å². The predicted octanol–water partition coefficient (Wildman–Crippen LogP) is 4.95. The average Bonchev–Trinajstić information content (AvgIpc) is 3.33. The highest BCUT2D eigenvalue weighted by Gasteiger charge is 2.13. The first-order valence-corrected chi connectivity index (χ1v) is 13.1. The molecule has 0 bridgehead atoms. The van der Waals surface area contributed by atoms with Gasteiger partial charge in [0.05, 0.1) is 22.6 Å². The normalized spacial score (nSPS) is 12.3. The quantitative estimate of drug-likeness (QED) is 0.256. The predicted molar refractivity (Wildman–Crippen MR) is 143 cm³/mol. The highest BCUT2D eigenvalue weighted by molar-refractivity contribution is 7.98. The number of carbonyl (C=O) groups excluding carboxylic acids is 2. The number of nitrogens with one attached hydrogen (secondary N) is 4. The van der Waals surface area contributed by atoms with Crippen LogP contribution in [0.5, 0.6) is 11.5 Å². The third-order valence-electron chi connectivity index (χ3n) is 4.98. The second-order valence-electron chi connectivity index (χ2n) is 8.30. The third kappa shape index (κ3) is 6.95. The number of pyridine rings is 1. The molecular weight excluding hydrogens is 497 g/mol. The monoisotopic (exact) mass is 521 g/mol. The summed E-state index contributed by atoms with van der Waals surface area (Å²) in [6, 6.07) is 15.5. The minimum absolute atomic E-state index is 0.0909. The number of H-pyrrole nitrogens is 1. The minimum Gasteiger partial charge on any atom is -0.457 e. The molecule has 0 radical (unpaired) electrons. The molecule has 0 spiro atoms. The van der Waals surface area contributed by atoms with Crippen LogP contribution < -0.4 is 20.1 Å². The zero-order valence-electron chi connectivity index (χ0n) is 20.0. The number of anilines is 2. The van der Waals surface area contributed by atoms with Crippen LogP contribution in [0.2, 0.25) is 0 Å². The van der Waals surface area contributed by atoms with Crippen molar-refractivity contribution < 1.29 is 22.9 Å². The van der Waals surface area contributed by atoms with E-state index in [2.05, 4.69) is 31.2 Å². The van der Waals surface area contributed by atoms with Crippen molar-refractivity contribution in [3.8, 4) is 22.9 Å². The number of carbonyl (C=O) groups is 2. The Hall–Kier alpha value is -4.64. The van der Waals surface area contributed by atoms with Gasteiger partial charge < -0.3 is 20.4 Å². The lowest BCUT2D eigenvalue weighted by molar-refractivity contribution is 0.0983. The minimum atomic E-state index is -2.69.